The van der Waals surface area contributed by atoms with E-state index in [1.165, 1.54) is 0 Å². The average molecular weight is 254 g/mol. The minimum absolute atomic E-state index is 0.203. The number of carbonyl (C=O) groups is 2. The lowest BCUT2D eigenvalue weighted by Crippen LogP contribution is -2.61. The highest BCUT2D eigenvalue weighted by Crippen LogP contribution is 2.32. The minimum atomic E-state index is -0.991. The van der Waals surface area contributed by atoms with Gasteiger partial charge in [-0.05, 0) is 44.4 Å². The molecule has 2 fully saturated rings. The molecule has 0 spiro atoms. The summed E-state index contributed by atoms with van der Waals surface area (Å²) in [4.78, 5) is 25.1. The van der Waals surface area contributed by atoms with Crippen LogP contribution in [-0.2, 0) is 4.79 Å². The quantitative estimate of drug-likeness (QED) is 0.789. The summed E-state index contributed by atoms with van der Waals surface area (Å²) in [5.41, 5.74) is -0.991. The number of amides is 2. The van der Waals surface area contributed by atoms with E-state index in [0.29, 0.717) is 18.8 Å². The van der Waals surface area contributed by atoms with Gasteiger partial charge < -0.3 is 15.3 Å². The van der Waals surface area contributed by atoms with Gasteiger partial charge >= 0.3 is 12.0 Å². The van der Waals surface area contributed by atoms with Crippen LogP contribution >= 0.6 is 0 Å². The Bertz CT molecular complexity index is 339. The third kappa shape index (κ3) is 2.60. The molecule has 1 saturated heterocycles. The maximum Gasteiger partial charge on any atom is 0.329 e. The van der Waals surface area contributed by atoms with Crippen LogP contribution in [0.5, 0.6) is 0 Å². The molecule has 5 nitrogen and oxygen atoms in total. The molecule has 1 aliphatic carbocycles. The summed E-state index contributed by atoms with van der Waals surface area (Å²) >= 11 is 0. The molecule has 2 aliphatic rings. The second-order valence-electron chi connectivity index (χ2n) is 5.69. The Labute approximate surface area is 108 Å². The second-order valence-corrected chi connectivity index (χ2v) is 5.69. The first-order valence-electron chi connectivity index (χ1n) is 6.84. The minimum Gasteiger partial charge on any atom is -0.480 e. The molecule has 1 unspecified atom stereocenters. The largest absolute Gasteiger partial charge is 0.480 e. The van der Waals surface area contributed by atoms with Crippen LogP contribution in [0.4, 0.5) is 4.79 Å². The maximum absolute atomic E-state index is 12.1. The van der Waals surface area contributed by atoms with E-state index in [9.17, 15) is 14.7 Å². The molecule has 1 heterocycles. The number of urea groups is 1. The molecular formula is C13H22N2O3. The van der Waals surface area contributed by atoms with Crippen LogP contribution in [0.1, 0.15) is 45.4 Å². The SMILES string of the molecule is CC1CCCN(C(=O)NC2(C(=O)O)CCC2)CC1. The van der Waals surface area contributed by atoms with Crippen molar-refractivity contribution in [1.82, 2.24) is 10.2 Å². The van der Waals surface area contributed by atoms with Crippen molar-refractivity contribution in [2.75, 3.05) is 13.1 Å². The molecular weight excluding hydrogens is 232 g/mol. The highest BCUT2D eigenvalue weighted by Gasteiger charge is 2.46. The Morgan fingerprint density at radius 1 is 1.22 bits per heavy atom. The zero-order valence-corrected chi connectivity index (χ0v) is 10.9. The van der Waals surface area contributed by atoms with E-state index in [2.05, 4.69) is 12.2 Å². The lowest BCUT2D eigenvalue weighted by molar-refractivity contribution is -0.148. The van der Waals surface area contributed by atoms with E-state index in [4.69, 9.17) is 0 Å². The molecule has 1 saturated carbocycles. The zero-order chi connectivity index (χ0) is 13.2. The molecule has 18 heavy (non-hydrogen) atoms. The number of nitrogens with one attached hydrogen (secondary N) is 1. The van der Waals surface area contributed by atoms with Gasteiger partial charge in [-0.3, -0.25) is 0 Å². The van der Waals surface area contributed by atoms with Gasteiger partial charge in [-0.2, -0.15) is 0 Å². The van der Waals surface area contributed by atoms with E-state index in [1.54, 1.807) is 4.90 Å². The monoisotopic (exact) mass is 254 g/mol. The Morgan fingerprint density at radius 3 is 2.50 bits per heavy atom. The number of rotatable bonds is 2. The van der Waals surface area contributed by atoms with Crippen LogP contribution in [0.15, 0.2) is 0 Å². The van der Waals surface area contributed by atoms with Gasteiger partial charge in [0.15, 0.2) is 0 Å². The lowest BCUT2D eigenvalue weighted by atomic mass is 9.77. The van der Waals surface area contributed by atoms with Gasteiger partial charge in [0.05, 0.1) is 0 Å². The predicted molar refractivity (Wildman–Crippen MR) is 67.3 cm³/mol. The topological polar surface area (TPSA) is 69.6 Å². The first kappa shape index (κ1) is 13.2. The molecule has 2 amide bonds. The first-order valence-corrected chi connectivity index (χ1v) is 6.84. The van der Waals surface area contributed by atoms with Gasteiger partial charge in [0, 0.05) is 13.1 Å². The van der Waals surface area contributed by atoms with Crippen molar-refractivity contribution >= 4 is 12.0 Å². The third-order valence-electron chi connectivity index (χ3n) is 4.27. The number of likely N-dealkylation sites (tertiary alicyclic amines) is 1. The number of carbonyl (C=O) groups excluding carboxylic acids is 1. The number of carboxylic acids is 1. The van der Waals surface area contributed by atoms with Crippen molar-refractivity contribution in [1.29, 1.82) is 0 Å². The number of carboxylic acid groups (broad SMARTS) is 1. The molecule has 102 valence electrons. The summed E-state index contributed by atoms with van der Waals surface area (Å²) in [6.45, 7) is 3.68. The molecule has 2 rings (SSSR count). The van der Waals surface area contributed by atoms with Gasteiger partial charge in [-0.15, -0.1) is 0 Å². The maximum atomic E-state index is 12.1. The summed E-state index contributed by atoms with van der Waals surface area (Å²) < 4.78 is 0. The van der Waals surface area contributed by atoms with Crippen LogP contribution in [0.25, 0.3) is 0 Å². The summed E-state index contributed by atoms with van der Waals surface area (Å²) in [7, 11) is 0. The number of nitrogens with zero attached hydrogens (tertiary/aromatic N) is 1. The summed E-state index contributed by atoms with van der Waals surface area (Å²) in [5, 5.41) is 11.9. The molecule has 2 N–H and O–H groups in total. The van der Waals surface area contributed by atoms with E-state index in [1.807, 2.05) is 0 Å². The summed E-state index contributed by atoms with van der Waals surface area (Å²) in [6, 6.07) is -0.203. The van der Waals surface area contributed by atoms with Crippen molar-refractivity contribution < 1.29 is 14.7 Å². The number of hydrogen-bond donors (Lipinski definition) is 2. The smallest absolute Gasteiger partial charge is 0.329 e. The molecule has 0 aromatic heterocycles. The standard InChI is InChI=1S/C13H22N2O3/c1-10-4-2-8-15(9-5-10)12(18)14-13(11(16)17)6-3-7-13/h10H,2-9H2,1H3,(H,14,18)(H,16,17). The normalized spacial score (nSPS) is 26.9. The van der Waals surface area contributed by atoms with E-state index < -0.39 is 11.5 Å². The van der Waals surface area contributed by atoms with Gasteiger partial charge in [-0.1, -0.05) is 6.92 Å². The van der Waals surface area contributed by atoms with Crippen LogP contribution < -0.4 is 5.32 Å². The van der Waals surface area contributed by atoms with E-state index in [0.717, 1.165) is 38.8 Å². The second kappa shape index (κ2) is 5.16. The molecule has 0 radical (unpaired) electrons. The Morgan fingerprint density at radius 2 is 1.94 bits per heavy atom. The third-order valence-corrected chi connectivity index (χ3v) is 4.27. The number of hydrogen-bond acceptors (Lipinski definition) is 2. The van der Waals surface area contributed by atoms with Crippen molar-refractivity contribution in [2.45, 2.75) is 51.0 Å². The average Bonchev–Trinajstić information content (AvgIpc) is 2.47. The fraction of sp³-hybridized carbons (Fsp3) is 0.846. The molecule has 1 atom stereocenters. The van der Waals surface area contributed by atoms with Gasteiger partial charge in [0.25, 0.3) is 0 Å². The Kier molecular flexibility index (Phi) is 3.78. The predicted octanol–water partition coefficient (Wildman–Crippen LogP) is 1.83. The summed E-state index contributed by atoms with van der Waals surface area (Å²) in [6.07, 6.45) is 5.15. The highest BCUT2D eigenvalue weighted by atomic mass is 16.4. The molecule has 0 aromatic rings. The highest BCUT2D eigenvalue weighted by molar-refractivity contribution is 5.87. The molecule has 5 heteroatoms. The van der Waals surface area contributed by atoms with Crippen molar-refractivity contribution in [3.05, 3.63) is 0 Å². The van der Waals surface area contributed by atoms with Gasteiger partial charge in [0.1, 0.15) is 5.54 Å². The van der Waals surface area contributed by atoms with Crippen molar-refractivity contribution in [3.8, 4) is 0 Å². The van der Waals surface area contributed by atoms with E-state index in [-0.39, 0.29) is 6.03 Å². The fourth-order valence-corrected chi connectivity index (χ4v) is 2.67. The molecule has 0 bridgehead atoms. The Hall–Kier alpha value is -1.26. The van der Waals surface area contributed by atoms with Crippen LogP contribution in [-0.4, -0.2) is 40.6 Å². The van der Waals surface area contributed by atoms with E-state index >= 15 is 0 Å². The van der Waals surface area contributed by atoms with Crippen LogP contribution in [0.3, 0.4) is 0 Å². The van der Waals surface area contributed by atoms with Crippen molar-refractivity contribution in [3.63, 3.8) is 0 Å². The van der Waals surface area contributed by atoms with Gasteiger partial charge in [0.2, 0.25) is 0 Å². The molecule has 0 aromatic carbocycles. The first-order chi connectivity index (χ1) is 8.53. The van der Waals surface area contributed by atoms with Gasteiger partial charge in [-0.25, -0.2) is 9.59 Å². The van der Waals surface area contributed by atoms with Crippen LogP contribution in [0.2, 0.25) is 0 Å². The number of aliphatic carboxylic acids is 1. The fourth-order valence-electron chi connectivity index (χ4n) is 2.67. The van der Waals surface area contributed by atoms with Crippen molar-refractivity contribution in [2.24, 2.45) is 5.92 Å². The summed E-state index contributed by atoms with van der Waals surface area (Å²) in [5.74, 6) is -0.245. The lowest BCUT2D eigenvalue weighted by Gasteiger charge is -2.39. The molecule has 1 aliphatic heterocycles. The zero-order valence-electron chi connectivity index (χ0n) is 10.9. The Balaban J connectivity index is 1.93. The van der Waals surface area contributed by atoms with Crippen LogP contribution in [0, 0.1) is 5.92 Å².